The molecule has 0 amide bonds. The van der Waals surface area contributed by atoms with Crippen molar-refractivity contribution in [3.63, 3.8) is 0 Å². The lowest BCUT2D eigenvalue weighted by atomic mass is 9.62. The molecular formula is C24H28O3. The molecule has 3 heteroatoms. The lowest BCUT2D eigenvalue weighted by molar-refractivity contribution is 0.0697. The van der Waals surface area contributed by atoms with Crippen LogP contribution in [0.25, 0.3) is 5.57 Å². The number of benzene rings is 2. The van der Waals surface area contributed by atoms with Crippen molar-refractivity contribution < 1.29 is 15.0 Å². The van der Waals surface area contributed by atoms with Gasteiger partial charge in [-0.25, -0.2) is 4.79 Å². The summed E-state index contributed by atoms with van der Waals surface area (Å²) in [6.45, 7) is 9.26. The van der Waals surface area contributed by atoms with E-state index in [1.807, 2.05) is 24.3 Å². The van der Waals surface area contributed by atoms with Crippen LogP contribution in [0.15, 0.2) is 54.1 Å². The number of aromatic carboxylic acids is 1. The molecule has 0 saturated heterocycles. The Morgan fingerprint density at radius 3 is 1.63 bits per heavy atom. The maximum Gasteiger partial charge on any atom is 0.335 e. The zero-order valence-electron chi connectivity index (χ0n) is 16.5. The molecule has 3 rings (SSSR count). The topological polar surface area (TPSA) is 57.5 Å². The van der Waals surface area contributed by atoms with Crippen LogP contribution in [0.4, 0.5) is 0 Å². The van der Waals surface area contributed by atoms with Crippen molar-refractivity contribution in [3.8, 4) is 5.75 Å². The maximum absolute atomic E-state index is 11.2. The first-order valence-corrected chi connectivity index (χ1v) is 9.42. The van der Waals surface area contributed by atoms with Crippen LogP contribution in [0.1, 0.15) is 68.4 Å². The summed E-state index contributed by atoms with van der Waals surface area (Å²) in [4.78, 5) is 11.2. The zero-order valence-corrected chi connectivity index (χ0v) is 16.5. The highest BCUT2D eigenvalue weighted by Crippen LogP contribution is 2.50. The molecular weight excluding hydrogens is 336 g/mol. The highest BCUT2D eigenvalue weighted by atomic mass is 16.4. The van der Waals surface area contributed by atoms with Crippen LogP contribution in [0.2, 0.25) is 0 Å². The van der Waals surface area contributed by atoms with Gasteiger partial charge in [-0.1, -0.05) is 57.5 Å². The van der Waals surface area contributed by atoms with Crippen LogP contribution in [0.3, 0.4) is 0 Å². The van der Waals surface area contributed by atoms with Crippen LogP contribution in [0, 0.1) is 10.8 Å². The summed E-state index contributed by atoms with van der Waals surface area (Å²) in [5.74, 6) is -0.672. The molecule has 2 aromatic rings. The Morgan fingerprint density at radius 2 is 1.19 bits per heavy atom. The Hall–Kier alpha value is -2.55. The summed E-state index contributed by atoms with van der Waals surface area (Å²) in [6.07, 6.45) is 3.19. The quantitative estimate of drug-likeness (QED) is 0.689. The Balaban J connectivity index is 2.18. The van der Waals surface area contributed by atoms with Gasteiger partial charge < -0.3 is 10.2 Å². The lowest BCUT2D eigenvalue weighted by Crippen LogP contribution is -2.30. The molecule has 0 spiro atoms. The molecule has 0 aromatic heterocycles. The number of carboxylic acid groups (broad SMARTS) is 1. The largest absolute Gasteiger partial charge is 0.508 e. The summed E-state index contributed by atoms with van der Waals surface area (Å²) in [5.41, 5.74) is 5.34. The molecule has 0 atom stereocenters. The fourth-order valence-corrected chi connectivity index (χ4v) is 4.80. The molecule has 1 aliphatic rings. The normalized spacial score (nSPS) is 18.1. The maximum atomic E-state index is 11.2. The van der Waals surface area contributed by atoms with E-state index in [9.17, 15) is 15.0 Å². The van der Waals surface area contributed by atoms with Gasteiger partial charge in [-0.05, 0) is 71.1 Å². The monoisotopic (exact) mass is 364 g/mol. The average molecular weight is 364 g/mol. The number of phenolic OH excluding ortho intramolecular Hbond substituents is 1. The first-order valence-electron chi connectivity index (χ1n) is 9.42. The SMILES string of the molecule is CC1(C)CC(=C(c2ccc(O)cc2)c2ccc(C(=O)O)cc2)CC(C)(C)C1. The Kier molecular flexibility index (Phi) is 4.90. The lowest BCUT2D eigenvalue weighted by Gasteiger charge is -2.43. The minimum atomic E-state index is -0.916. The number of phenols is 1. The van der Waals surface area contributed by atoms with Crippen molar-refractivity contribution in [1.82, 2.24) is 0 Å². The molecule has 142 valence electrons. The Bertz CT molecular complexity index is 851. The van der Waals surface area contributed by atoms with Crippen molar-refractivity contribution in [2.45, 2.75) is 47.0 Å². The molecule has 1 fully saturated rings. The number of allylic oxidation sites excluding steroid dienone is 1. The van der Waals surface area contributed by atoms with Gasteiger partial charge in [0.15, 0.2) is 0 Å². The van der Waals surface area contributed by atoms with Gasteiger partial charge in [-0.2, -0.15) is 0 Å². The smallest absolute Gasteiger partial charge is 0.335 e. The second kappa shape index (κ2) is 6.88. The highest BCUT2D eigenvalue weighted by Gasteiger charge is 2.37. The van der Waals surface area contributed by atoms with Crippen LogP contribution >= 0.6 is 0 Å². The second-order valence-electron chi connectivity index (χ2n) is 9.27. The molecule has 27 heavy (non-hydrogen) atoms. The van der Waals surface area contributed by atoms with Crippen molar-refractivity contribution in [2.75, 3.05) is 0 Å². The third-order valence-electron chi connectivity index (χ3n) is 5.27. The molecule has 0 unspecified atom stereocenters. The first-order chi connectivity index (χ1) is 12.6. The van der Waals surface area contributed by atoms with Crippen LogP contribution in [0.5, 0.6) is 5.75 Å². The van der Waals surface area contributed by atoms with E-state index in [-0.39, 0.29) is 22.1 Å². The molecule has 2 aromatic carbocycles. The number of hydrogen-bond acceptors (Lipinski definition) is 2. The van der Waals surface area contributed by atoms with E-state index in [4.69, 9.17) is 0 Å². The predicted molar refractivity (Wildman–Crippen MR) is 109 cm³/mol. The molecule has 0 radical (unpaired) electrons. The number of hydrogen-bond donors (Lipinski definition) is 2. The van der Waals surface area contributed by atoms with Crippen molar-refractivity contribution >= 4 is 11.5 Å². The Morgan fingerprint density at radius 1 is 0.778 bits per heavy atom. The van der Waals surface area contributed by atoms with Gasteiger partial charge in [0.2, 0.25) is 0 Å². The zero-order chi connectivity index (χ0) is 19.8. The fourth-order valence-electron chi connectivity index (χ4n) is 4.80. The Labute approximate surface area is 161 Å². The highest BCUT2D eigenvalue weighted by molar-refractivity contribution is 5.89. The van der Waals surface area contributed by atoms with E-state index in [2.05, 4.69) is 27.7 Å². The van der Waals surface area contributed by atoms with Gasteiger partial charge in [0.1, 0.15) is 5.75 Å². The van der Waals surface area contributed by atoms with E-state index < -0.39 is 5.97 Å². The predicted octanol–water partition coefficient (Wildman–Crippen LogP) is 6.13. The van der Waals surface area contributed by atoms with Gasteiger partial charge in [0, 0.05) is 0 Å². The molecule has 0 aliphatic heterocycles. The van der Waals surface area contributed by atoms with Crippen LogP contribution in [-0.2, 0) is 0 Å². The number of carbonyl (C=O) groups is 1. The summed E-state index contributed by atoms with van der Waals surface area (Å²) < 4.78 is 0. The second-order valence-corrected chi connectivity index (χ2v) is 9.27. The number of carboxylic acids is 1. The third-order valence-corrected chi connectivity index (χ3v) is 5.27. The molecule has 1 saturated carbocycles. The van der Waals surface area contributed by atoms with Gasteiger partial charge >= 0.3 is 5.97 Å². The van der Waals surface area contributed by atoms with Crippen LogP contribution < -0.4 is 0 Å². The van der Waals surface area contributed by atoms with E-state index in [1.165, 1.54) is 12.0 Å². The average Bonchev–Trinajstić information content (AvgIpc) is 2.54. The standard InChI is InChI=1S/C24H28O3/c1-23(2)13-19(14-24(3,4)15-23)21(17-9-11-20(25)12-10-17)16-5-7-18(8-6-16)22(26)27/h5-12,25H,13-15H2,1-4H3,(H,26,27). The third kappa shape index (κ3) is 4.41. The summed E-state index contributed by atoms with van der Waals surface area (Å²) in [7, 11) is 0. The molecule has 3 nitrogen and oxygen atoms in total. The van der Waals surface area contributed by atoms with Crippen LogP contribution in [-0.4, -0.2) is 16.2 Å². The van der Waals surface area contributed by atoms with E-state index >= 15 is 0 Å². The summed E-state index contributed by atoms with van der Waals surface area (Å²) in [5, 5.41) is 18.9. The first kappa shape index (κ1) is 19.2. The van der Waals surface area contributed by atoms with Crippen molar-refractivity contribution in [1.29, 1.82) is 0 Å². The van der Waals surface area contributed by atoms with Gasteiger partial charge in [0.25, 0.3) is 0 Å². The summed E-state index contributed by atoms with van der Waals surface area (Å²) in [6, 6.07) is 14.4. The van der Waals surface area contributed by atoms with E-state index in [0.717, 1.165) is 29.5 Å². The van der Waals surface area contributed by atoms with Gasteiger partial charge in [-0.15, -0.1) is 0 Å². The van der Waals surface area contributed by atoms with E-state index in [1.54, 1.807) is 24.3 Å². The fraction of sp³-hybridized carbons (Fsp3) is 0.375. The molecule has 0 bridgehead atoms. The van der Waals surface area contributed by atoms with Crippen molar-refractivity contribution in [3.05, 3.63) is 70.8 Å². The number of rotatable bonds is 3. The van der Waals surface area contributed by atoms with E-state index in [0.29, 0.717) is 0 Å². The van der Waals surface area contributed by atoms with Crippen molar-refractivity contribution in [2.24, 2.45) is 10.8 Å². The molecule has 2 N–H and O–H groups in total. The number of aromatic hydroxyl groups is 1. The minimum absolute atomic E-state index is 0.209. The molecule has 1 aliphatic carbocycles. The van der Waals surface area contributed by atoms with Gasteiger partial charge in [-0.3, -0.25) is 0 Å². The minimum Gasteiger partial charge on any atom is -0.508 e. The summed E-state index contributed by atoms with van der Waals surface area (Å²) >= 11 is 0. The molecule has 0 heterocycles. The van der Waals surface area contributed by atoms with Gasteiger partial charge in [0.05, 0.1) is 5.56 Å².